The summed E-state index contributed by atoms with van der Waals surface area (Å²) in [6.07, 6.45) is 0.798. The zero-order valence-corrected chi connectivity index (χ0v) is 12.4. The Kier molecular flexibility index (Phi) is 7.53. The Morgan fingerprint density at radius 1 is 1.26 bits per heavy atom. The van der Waals surface area contributed by atoms with E-state index < -0.39 is 0 Å². The summed E-state index contributed by atoms with van der Waals surface area (Å²) in [5, 5.41) is 2.87. The predicted molar refractivity (Wildman–Crippen MR) is 79.0 cm³/mol. The molecule has 1 amide bonds. The summed E-state index contributed by atoms with van der Waals surface area (Å²) in [5.74, 6) is 0.956. The van der Waals surface area contributed by atoms with Crippen LogP contribution in [0.25, 0.3) is 0 Å². The lowest BCUT2D eigenvalue weighted by Crippen LogP contribution is -2.25. The van der Waals surface area contributed by atoms with Crippen molar-refractivity contribution >= 4 is 17.5 Å². The van der Waals surface area contributed by atoms with E-state index in [2.05, 4.69) is 19.2 Å². The second-order valence-corrected chi connectivity index (χ2v) is 5.07. The first-order valence-electron chi connectivity index (χ1n) is 6.67. The van der Waals surface area contributed by atoms with Crippen LogP contribution in [-0.4, -0.2) is 31.5 Å². The van der Waals surface area contributed by atoms with E-state index in [1.165, 1.54) is 5.56 Å². The van der Waals surface area contributed by atoms with Crippen molar-refractivity contribution in [2.75, 3.05) is 25.6 Å². The van der Waals surface area contributed by atoms with Gasteiger partial charge in [-0.2, -0.15) is 0 Å². The van der Waals surface area contributed by atoms with Gasteiger partial charge in [-0.15, -0.1) is 11.6 Å². The average Bonchev–Trinajstić information content (AvgIpc) is 2.42. The molecule has 0 aliphatic heterocycles. The van der Waals surface area contributed by atoms with E-state index in [9.17, 15) is 4.79 Å². The number of hydrogen-bond donors (Lipinski definition) is 1. The van der Waals surface area contributed by atoms with Gasteiger partial charge in [0.15, 0.2) is 0 Å². The normalized spacial score (nSPS) is 10.7. The molecule has 1 rings (SSSR count). The largest absolute Gasteiger partial charge is 0.380 e. The molecule has 0 saturated carbocycles. The van der Waals surface area contributed by atoms with E-state index in [1.807, 2.05) is 24.3 Å². The molecule has 0 spiro atoms. The molecule has 1 aromatic rings. The molecule has 0 aliphatic carbocycles. The number of halogens is 1. The first-order chi connectivity index (χ1) is 9.15. The highest BCUT2D eigenvalue weighted by atomic mass is 35.5. The Bertz CT molecular complexity index is 376. The minimum atomic E-state index is -0.0346. The van der Waals surface area contributed by atoms with Crippen molar-refractivity contribution in [3.63, 3.8) is 0 Å². The molecule has 0 aromatic heterocycles. The number of rotatable bonds is 8. The first kappa shape index (κ1) is 16.0. The summed E-state index contributed by atoms with van der Waals surface area (Å²) in [6.45, 7) is 6.07. The fourth-order valence-corrected chi connectivity index (χ4v) is 1.76. The van der Waals surface area contributed by atoms with Gasteiger partial charge < -0.3 is 10.1 Å². The van der Waals surface area contributed by atoms with Gasteiger partial charge in [0, 0.05) is 24.6 Å². The summed E-state index contributed by atoms with van der Waals surface area (Å²) in [7, 11) is 0. The Hall–Kier alpha value is -1.06. The summed E-state index contributed by atoms with van der Waals surface area (Å²) in [5.41, 5.74) is 1.94. The molecule has 0 aliphatic rings. The van der Waals surface area contributed by atoms with Crippen LogP contribution in [0.2, 0.25) is 0 Å². The highest BCUT2D eigenvalue weighted by molar-refractivity contribution is 6.17. The number of alkyl halides is 1. The number of nitrogens with one attached hydrogen (secondary N) is 1. The van der Waals surface area contributed by atoms with Crippen LogP contribution in [0.15, 0.2) is 24.3 Å². The molecule has 0 radical (unpaired) electrons. The van der Waals surface area contributed by atoms with Gasteiger partial charge in [0.2, 0.25) is 0 Å². The standard InChI is InChI=1S/C15H22ClNO2/c1-12(2)13-4-6-14(7-5-13)15(18)17-9-3-10-19-11-8-16/h4-7,12H,3,8-11H2,1-2H3,(H,17,18). The number of carbonyl (C=O) groups excluding carboxylic acids is 1. The summed E-state index contributed by atoms with van der Waals surface area (Å²) < 4.78 is 5.23. The average molecular weight is 284 g/mol. The zero-order chi connectivity index (χ0) is 14.1. The molecule has 0 fully saturated rings. The quantitative estimate of drug-likeness (QED) is 0.588. The smallest absolute Gasteiger partial charge is 0.251 e. The van der Waals surface area contributed by atoms with E-state index in [-0.39, 0.29) is 5.91 Å². The van der Waals surface area contributed by atoms with E-state index in [0.29, 0.717) is 37.1 Å². The zero-order valence-electron chi connectivity index (χ0n) is 11.6. The number of ether oxygens (including phenoxy) is 1. The number of carbonyl (C=O) groups is 1. The van der Waals surface area contributed by atoms with Crippen LogP contribution in [0, 0.1) is 0 Å². The van der Waals surface area contributed by atoms with Gasteiger partial charge in [-0.25, -0.2) is 0 Å². The van der Waals surface area contributed by atoms with Crippen LogP contribution in [0.1, 0.15) is 42.1 Å². The van der Waals surface area contributed by atoms with Crippen molar-refractivity contribution < 1.29 is 9.53 Å². The highest BCUT2D eigenvalue weighted by Crippen LogP contribution is 2.14. The van der Waals surface area contributed by atoms with Crippen molar-refractivity contribution in [2.45, 2.75) is 26.2 Å². The van der Waals surface area contributed by atoms with Crippen LogP contribution in [0.3, 0.4) is 0 Å². The lowest BCUT2D eigenvalue weighted by atomic mass is 10.0. The molecule has 0 unspecified atom stereocenters. The first-order valence-corrected chi connectivity index (χ1v) is 7.20. The molecule has 0 bridgehead atoms. The number of benzene rings is 1. The topological polar surface area (TPSA) is 38.3 Å². The third kappa shape index (κ3) is 6.08. The van der Waals surface area contributed by atoms with Gasteiger partial charge >= 0.3 is 0 Å². The predicted octanol–water partition coefficient (Wildman–Crippen LogP) is 3.19. The molecule has 0 atom stereocenters. The molecular weight excluding hydrogens is 262 g/mol. The summed E-state index contributed by atoms with van der Waals surface area (Å²) in [4.78, 5) is 11.8. The van der Waals surface area contributed by atoms with Crippen LogP contribution in [0.4, 0.5) is 0 Å². The lowest BCUT2D eigenvalue weighted by molar-refractivity contribution is 0.0944. The molecule has 0 heterocycles. The molecule has 19 heavy (non-hydrogen) atoms. The lowest BCUT2D eigenvalue weighted by Gasteiger charge is -2.08. The highest BCUT2D eigenvalue weighted by Gasteiger charge is 2.05. The number of hydrogen-bond acceptors (Lipinski definition) is 2. The molecule has 3 nitrogen and oxygen atoms in total. The molecule has 106 valence electrons. The maximum Gasteiger partial charge on any atom is 0.251 e. The van der Waals surface area contributed by atoms with Gasteiger partial charge in [0.05, 0.1) is 6.61 Å². The van der Waals surface area contributed by atoms with E-state index in [1.54, 1.807) is 0 Å². The second-order valence-electron chi connectivity index (χ2n) is 4.69. The maximum absolute atomic E-state index is 11.8. The maximum atomic E-state index is 11.8. The van der Waals surface area contributed by atoms with Crippen LogP contribution in [-0.2, 0) is 4.74 Å². The van der Waals surface area contributed by atoms with Crippen LogP contribution >= 0.6 is 11.6 Å². The third-order valence-electron chi connectivity index (χ3n) is 2.81. The Morgan fingerprint density at radius 3 is 2.53 bits per heavy atom. The molecule has 4 heteroatoms. The molecule has 0 saturated heterocycles. The van der Waals surface area contributed by atoms with Crippen molar-refractivity contribution in [3.05, 3.63) is 35.4 Å². The summed E-state index contributed by atoms with van der Waals surface area (Å²) in [6, 6.07) is 7.75. The SMILES string of the molecule is CC(C)c1ccc(C(=O)NCCCOCCCl)cc1. The third-order valence-corrected chi connectivity index (χ3v) is 2.97. The minimum Gasteiger partial charge on any atom is -0.380 e. The summed E-state index contributed by atoms with van der Waals surface area (Å²) >= 11 is 5.48. The Labute approximate surface area is 120 Å². The van der Waals surface area contributed by atoms with Crippen LogP contribution < -0.4 is 5.32 Å². The van der Waals surface area contributed by atoms with Gasteiger partial charge in [-0.05, 0) is 30.0 Å². The van der Waals surface area contributed by atoms with Crippen LogP contribution in [0.5, 0.6) is 0 Å². The van der Waals surface area contributed by atoms with Gasteiger partial charge in [0.1, 0.15) is 0 Å². The molecule has 1 N–H and O–H groups in total. The van der Waals surface area contributed by atoms with Crippen molar-refractivity contribution in [3.8, 4) is 0 Å². The monoisotopic (exact) mass is 283 g/mol. The molecule has 1 aromatic carbocycles. The van der Waals surface area contributed by atoms with Crippen molar-refractivity contribution in [1.82, 2.24) is 5.32 Å². The van der Waals surface area contributed by atoms with Crippen molar-refractivity contribution in [2.24, 2.45) is 0 Å². The van der Waals surface area contributed by atoms with E-state index >= 15 is 0 Å². The van der Waals surface area contributed by atoms with Gasteiger partial charge in [0.25, 0.3) is 5.91 Å². The number of amides is 1. The van der Waals surface area contributed by atoms with E-state index in [0.717, 1.165) is 6.42 Å². The molecular formula is C15H22ClNO2. The Balaban J connectivity index is 2.29. The van der Waals surface area contributed by atoms with E-state index in [4.69, 9.17) is 16.3 Å². The fourth-order valence-electron chi connectivity index (χ4n) is 1.65. The minimum absolute atomic E-state index is 0.0346. The fraction of sp³-hybridized carbons (Fsp3) is 0.533. The van der Waals surface area contributed by atoms with Gasteiger partial charge in [-0.1, -0.05) is 26.0 Å². The van der Waals surface area contributed by atoms with Crippen molar-refractivity contribution in [1.29, 1.82) is 0 Å². The van der Waals surface area contributed by atoms with Gasteiger partial charge in [-0.3, -0.25) is 4.79 Å². The second kappa shape index (κ2) is 8.94. The Morgan fingerprint density at radius 2 is 1.95 bits per heavy atom.